The topological polar surface area (TPSA) is 43.4 Å². The number of carbonyl (C=O) groups excluding carboxylic acids is 2. The lowest BCUT2D eigenvalue weighted by Gasteiger charge is -2.62. The molecule has 28 heavy (non-hydrogen) atoms. The average Bonchev–Trinajstić information content (AvgIpc) is 3.17. The van der Waals surface area contributed by atoms with Crippen molar-refractivity contribution in [2.24, 2.45) is 51.2 Å². The molecule has 0 radical (unpaired) electrons. The summed E-state index contributed by atoms with van der Waals surface area (Å²) in [5.41, 5.74) is 2.13. The van der Waals surface area contributed by atoms with E-state index in [1.165, 1.54) is 19.3 Å². The molecule has 4 saturated carbocycles. The van der Waals surface area contributed by atoms with Crippen LogP contribution in [0.3, 0.4) is 0 Å². The SMILES string of the molecule is CC(C)C(=O)OC(=O)C1(C)CCCC2(C)C3=CC4C5CC3(CCC12)C(C)C45C. The Morgan fingerprint density at radius 2 is 1.86 bits per heavy atom. The zero-order valence-corrected chi connectivity index (χ0v) is 18.4. The molecule has 6 aliphatic carbocycles. The highest BCUT2D eigenvalue weighted by Gasteiger charge is 2.79. The lowest BCUT2D eigenvalue weighted by molar-refractivity contribution is -0.178. The Bertz CT molecular complexity index is 796. The fourth-order valence-electron chi connectivity index (χ4n) is 8.78. The van der Waals surface area contributed by atoms with E-state index in [0.29, 0.717) is 10.8 Å². The molecule has 0 heterocycles. The van der Waals surface area contributed by atoms with Crippen LogP contribution in [0.15, 0.2) is 11.6 Å². The summed E-state index contributed by atoms with van der Waals surface area (Å²) in [7, 11) is 0. The van der Waals surface area contributed by atoms with Gasteiger partial charge in [0.2, 0.25) is 0 Å². The zero-order chi connectivity index (χ0) is 20.3. The summed E-state index contributed by atoms with van der Waals surface area (Å²) < 4.78 is 5.39. The summed E-state index contributed by atoms with van der Waals surface area (Å²) in [6.45, 7) is 13.1. The van der Waals surface area contributed by atoms with E-state index in [1.54, 1.807) is 19.4 Å². The Labute approximate surface area is 169 Å². The van der Waals surface area contributed by atoms with Gasteiger partial charge in [0.05, 0.1) is 11.3 Å². The van der Waals surface area contributed by atoms with Gasteiger partial charge in [-0.2, -0.15) is 0 Å². The lowest BCUT2D eigenvalue weighted by atomic mass is 9.41. The highest BCUT2D eigenvalue weighted by molar-refractivity contribution is 5.89. The van der Waals surface area contributed by atoms with Crippen molar-refractivity contribution in [1.29, 1.82) is 0 Å². The first-order valence-corrected chi connectivity index (χ1v) is 11.5. The van der Waals surface area contributed by atoms with Crippen LogP contribution in [0.2, 0.25) is 0 Å². The van der Waals surface area contributed by atoms with Crippen LogP contribution < -0.4 is 0 Å². The molecule has 6 aliphatic rings. The van der Waals surface area contributed by atoms with E-state index in [2.05, 4.69) is 33.8 Å². The summed E-state index contributed by atoms with van der Waals surface area (Å²) >= 11 is 0. The normalized spacial score (nSPS) is 53.2. The molecule has 6 rings (SSSR count). The van der Waals surface area contributed by atoms with E-state index >= 15 is 0 Å². The maximum atomic E-state index is 13.2. The number of rotatable bonds is 2. The number of esters is 2. The van der Waals surface area contributed by atoms with Crippen molar-refractivity contribution in [1.82, 2.24) is 0 Å². The van der Waals surface area contributed by atoms with Crippen LogP contribution >= 0.6 is 0 Å². The quantitative estimate of drug-likeness (QED) is 0.357. The molecule has 3 heteroatoms. The standard InChI is InChI=1S/C25H36O3/c1-14(2)20(26)28-21(27)23(5)10-7-9-22(4)18(23)8-11-25-13-17-16(12-19(22)25)24(17,6)15(25)3/h12,14-18H,7-11,13H2,1-6H3. The van der Waals surface area contributed by atoms with Crippen LogP contribution in [0.4, 0.5) is 0 Å². The molecule has 0 aromatic rings. The minimum atomic E-state index is -0.545. The third-order valence-corrected chi connectivity index (χ3v) is 10.6. The molecule has 0 N–H and O–H groups in total. The van der Waals surface area contributed by atoms with Gasteiger partial charge in [-0.25, -0.2) is 0 Å². The largest absolute Gasteiger partial charge is 0.393 e. The van der Waals surface area contributed by atoms with Gasteiger partial charge >= 0.3 is 11.9 Å². The van der Waals surface area contributed by atoms with Gasteiger partial charge in [-0.1, -0.05) is 52.7 Å². The zero-order valence-electron chi connectivity index (χ0n) is 18.4. The maximum absolute atomic E-state index is 13.2. The minimum Gasteiger partial charge on any atom is -0.393 e. The lowest BCUT2D eigenvalue weighted by Crippen LogP contribution is -2.57. The Hall–Kier alpha value is -1.12. The van der Waals surface area contributed by atoms with Crippen molar-refractivity contribution in [2.45, 2.75) is 80.1 Å². The number of ether oxygens (including phenoxy) is 1. The molecular weight excluding hydrogens is 348 g/mol. The van der Waals surface area contributed by atoms with Gasteiger partial charge in [-0.3, -0.25) is 9.59 Å². The molecule has 1 spiro atoms. The van der Waals surface area contributed by atoms with Crippen molar-refractivity contribution in [3.05, 3.63) is 11.6 Å². The van der Waals surface area contributed by atoms with E-state index in [-0.39, 0.29) is 29.2 Å². The van der Waals surface area contributed by atoms with Crippen molar-refractivity contribution < 1.29 is 14.3 Å². The van der Waals surface area contributed by atoms with Crippen LogP contribution in [-0.4, -0.2) is 11.9 Å². The van der Waals surface area contributed by atoms with E-state index in [1.807, 2.05) is 0 Å². The first-order chi connectivity index (χ1) is 13.0. The molecule has 8 unspecified atom stereocenters. The summed E-state index contributed by atoms with van der Waals surface area (Å²) in [6, 6.07) is 0. The Morgan fingerprint density at radius 3 is 2.46 bits per heavy atom. The molecule has 154 valence electrons. The number of hydrogen-bond donors (Lipinski definition) is 0. The monoisotopic (exact) mass is 384 g/mol. The van der Waals surface area contributed by atoms with E-state index < -0.39 is 5.41 Å². The average molecular weight is 385 g/mol. The second-order valence-corrected chi connectivity index (χ2v) is 11.8. The maximum Gasteiger partial charge on any atom is 0.319 e. The number of allylic oxidation sites excluding steroid dienone is 2. The second-order valence-electron chi connectivity index (χ2n) is 11.8. The minimum absolute atomic E-state index is 0.0777. The highest BCUT2D eigenvalue weighted by Crippen LogP contribution is 2.85. The molecule has 0 aromatic carbocycles. The second kappa shape index (κ2) is 5.32. The molecule has 0 aromatic heterocycles. The van der Waals surface area contributed by atoms with Crippen molar-refractivity contribution in [2.75, 3.05) is 0 Å². The molecule has 0 amide bonds. The first-order valence-electron chi connectivity index (χ1n) is 11.5. The van der Waals surface area contributed by atoms with Gasteiger partial charge in [0, 0.05) is 0 Å². The molecule has 0 saturated heterocycles. The van der Waals surface area contributed by atoms with Crippen LogP contribution in [0.25, 0.3) is 0 Å². The van der Waals surface area contributed by atoms with E-state index in [4.69, 9.17) is 4.74 Å². The molecule has 4 fully saturated rings. The van der Waals surface area contributed by atoms with Crippen LogP contribution in [-0.2, 0) is 14.3 Å². The van der Waals surface area contributed by atoms with Crippen molar-refractivity contribution in [3.8, 4) is 0 Å². The third kappa shape index (κ3) is 1.92. The molecule has 8 atom stereocenters. The molecular formula is C25H36O3. The first kappa shape index (κ1) is 18.9. The molecule has 0 aliphatic heterocycles. The Balaban J connectivity index is 1.51. The van der Waals surface area contributed by atoms with Gasteiger partial charge in [0.15, 0.2) is 0 Å². The van der Waals surface area contributed by atoms with Crippen LogP contribution in [0, 0.1) is 51.2 Å². The van der Waals surface area contributed by atoms with Crippen LogP contribution in [0.1, 0.15) is 80.1 Å². The fraction of sp³-hybridized carbons (Fsp3) is 0.840. The predicted molar refractivity (Wildman–Crippen MR) is 108 cm³/mol. The Morgan fingerprint density at radius 1 is 1.14 bits per heavy atom. The van der Waals surface area contributed by atoms with Crippen LogP contribution in [0.5, 0.6) is 0 Å². The van der Waals surface area contributed by atoms with Gasteiger partial charge in [0.1, 0.15) is 0 Å². The Kier molecular flexibility index (Phi) is 3.59. The van der Waals surface area contributed by atoms with Crippen molar-refractivity contribution >= 4 is 11.9 Å². The summed E-state index contributed by atoms with van der Waals surface area (Å²) in [5.74, 6) is 1.78. The summed E-state index contributed by atoms with van der Waals surface area (Å²) in [6.07, 6.45) is 9.39. The number of hydrogen-bond acceptors (Lipinski definition) is 3. The fourth-order valence-corrected chi connectivity index (χ4v) is 8.78. The number of fused-ring (bicyclic) bond motifs is 1. The predicted octanol–water partition coefficient (Wildman–Crippen LogP) is 5.54. The van der Waals surface area contributed by atoms with Gasteiger partial charge in [-0.15, -0.1) is 0 Å². The van der Waals surface area contributed by atoms with E-state index in [9.17, 15) is 9.59 Å². The van der Waals surface area contributed by atoms with Gasteiger partial charge < -0.3 is 4.74 Å². The van der Waals surface area contributed by atoms with Crippen molar-refractivity contribution in [3.63, 3.8) is 0 Å². The van der Waals surface area contributed by atoms with Gasteiger partial charge in [-0.05, 0) is 78.9 Å². The molecule has 3 nitrogen and oxygen atoms in total. The third-order valence-electron chi connectivity index (χ3n) is 10.6. The van der Waals surface area contributed by atoms with Gasteiger partial charge in [0.25, 0.3) is 0 Å². The summed E-state index contributed by atoms with van der Waals surface area (Å²) in [4.78, 5) is 25.3. The molecule has 4 bridgehead atoms. The highest BCUT2D eigenvalue weighted by atomic mass is 16.6. The smallest absolute Gasteiger partial charge is 0.319 e. The van der Waals surface area contributed by atoms with E-state index in [0.717, 1.165) is 37.0 Å². The number of carbonyl (C=O) groups is 2. The summed E-state index contributed by atoms with van der Waals surface area (Å²) in [5, 5.41) is 0.